The molecule has 0 saturated heterocycles. The standard InChI is InChI=1S/C17H24N4OS/c1-22-14-7-8-15-16(11-14)21(12-19-15)10-9-18-17(23)20-13-5-3-2-4-6-13/h7-8,11-13H,2-6,9-10H2,1H3,(H2,18,20,23). The van der Waals surface area contributed by atoms with Crippen molar-refractivity contribution < 1.29 is 4.74 Å². The quantitative estimate of drug-likeness (QED) is 0.825. The minimum Gasteiger partial charge on any atom is -0.497 e. The van der Waals surface area contributed by atoms with Crippen LogP contribution in [0.15, 0.2) is 24.5 Å². The third-order valence-corrected chi connectivity index (χ3v) is 4.67. The van der Waals surface area contributed by atoms with Gasteiger partial charge in [-0.15, -0.1) is 0 Å². The summed E-state index contributed by atoms with van der Waals surface area (Å²) in [6, 6.07) is 6.47. The predicted octanol–water partition coefficient (Wildman–Crippen LogP) is 2.84. The Morgan fingerprint density at radius 3 is 2.96 bits per heavy atom. The molecule has 0 radical (unpaired) electrons. The first kappa shape index (κ1) is 16.1. The molecule has 1 heterocycles. The highest BCUT2D eigenvalue weighted by atomic mass is 32.1. The minimum absolute atomic E-state index is 0.544. The third-order valence-electron chi connectivity index (χ3n) is 4.41. The zero-order valence-corrected chi connectivity index (χ0v) is 14.4. The number of nitrogens with one attached hydrogen (secondary N) is 2. The molecule has 0 bridgehead atoms. The highest BCUT2D eigenvalue weighted by Crippen LogP contribution is 2.19. The summed E-state index contributed by atoms with van der Waals surface area (Å²) in [5.41, 5.74) is 2.06. The average Bonchev–Trinajstić information content (AvgIpc) is 2.98. The molecule has 1 aliphatic rings. The Hall–Kier alpha value is -1.82. The number of aromatic nitrogens is 2. The van der Waals surface area contributed by atoms with E-state index in [9.17, 15) is 0 Å². The van der Waals surface area contributed by atoms with Gasteiger partial charge in [-0.3, -0.25) is 0 Å². The second-order valence-electron chi connectivity index (χ2n) is 6.03. The fourth-order valence-electron chi connectivity index (χ4n) is 3.11. The Kier molecular flexibility index (Phi) is 5.33. The Morgan fingerprint density at radius 2 is 2.17 bits per heavy atom. The molecule has 1 saturated carbocycles. The molecule has 1 aliphatic carbocycles. The monoisotopic (exact) mass is 332 g/mol. The smallest absolute Gasteiger partial charge is 0.166 e. The van der Waals surface area contributed by atoms with E-state index in [0.29, 0.717) is 6.04 Å². The van der Waals surface area contributed by atoms with Gasteiger partial charge in [-0.2, -0.15) is 0 Å². The number of thiocarbonyl (C=S) groups is 1. The lowest BCUT2D eigenvalue weighted by atomic mass is 9.96. The summed E-state index contributed by atoms with van der Waals surface area (Å²) in [4.78, 5) is 4.42. The van der Waals surface area contributed by atoms with Crippen LogP contribution in [-0.2, 0) is 6.54 Å². The summed E-state index contributed by atoms with van der Waals surface area (Å²) in [6.07, 6.45) is 8.30. The van der Waals surface area contributed by atoms with Gasteiger partial charge in [0, 0.05) is 25.2 Å². The van der Waals surface area contributed by atoms with Crippen LogP contribution in [0.3, 0.4) is 0 Å². The number of imidazole rings is 1. The fourth-order valence-corrected chi connectivity index (χ4v) is 3.38. The highest BCUT2D eigenvalue weighted by molar-refractivity contribution is 7.80. The Bertz CT molecular complexity index is 664. The van der Waals surface area contributed by atoms with Gasteiger partial charge in [0.1, 0.15) is 5.75 Å². The molecule has 0 unspecified atom stereocenters. The van der Waals surface area contributed by atoms with Crippen LogP contribution in [0.1, 0.15) is 32.1 Å². The van der Waals surface area contributed by atoms with Crippen LogP contribution in [0.25, 0.3) is 11.0 Å². The van der Waals surface area contributed by atoms with E-state index in [1.54, 1.807) is 7.11 Å². The topological polar surface area (TPSA) is 51.1 Å². The number of hydrogen-bond acceptors (Lipinski definition) is 3. The molecule has 6 heteroatoms. The summed E-state index contributed by atoms with van der Waals surface area (Å²) in [5.74, 6) is 0.849. The van der Waals surface area contributed by atoms with Crippen LogP contribution in [0.2, 0.25) is 0 Å². The number of methoxy groups -OCH3 is 1. The van der Waals surface area contributed by atoms with Crippen molar-refractivity contribution in [2.75, 3.05) is 13.7 Å². The molecule has 0 aliphatic heterocycles. The molecule has 124 valence electrons. The summed E-state index contributed by atoms with van der Waals surface area (Å²) in [6.45, 7) is 1.59. The van der Waals surface area contributed by atoms with Crippen LogP contribution in [0.4, 0.5) is 0 Å². The average molecular weight is 332 g/mol. The van der Waals surface area contributed by atoms with Gasteiger partial charge in [0.25, 0.3) is 0 Å². The van der Waals surface area contributed by atoms with Gasteiger partial charge in [-0.1, -0.05) is 19.3 Å². The van der Waals surface area contributed by atoms with E-state index in [0.717, 1.165) is 35.0 Å². The first-order chi connectivity index (χ1) is 11.3. The third kappa shape index (κ3) is 4.13. The van der Waals surface area contributed by atoms with Crippen LogP contribution < -0.4 is 15.4 Å². The second kappa shape index (κ2) is 7.64. The zero-order chi connectivity index (χ0) is 16.1. The van der Waals surface area contributed by atoms with Gasteiger partial charge in [0.15, 0.2) is 5.11 Å². The number of benzene rings is 1. The molecular weight excluding hydrogens is 308 g/mol. The van der Waals surface area contributed by atoms with Crippen molar-refractivity contribution in [1.29, 1.82) is 0 Å². The summed E-state index contributed by atoms with van der Waals surface area (Å²) < 4.78 is 7.41. The summed E-state index contributed by atoms with van der Waals surface area (Å²) in [5, 5.41) is 7.49. The van der Waals surface area contributed by atoms with Gasteiger partial charge in [0.2, 0.25) is 0 Å². The van der Waals surface area contributed by atoms with E-state index in [1.165, 1.54) is 32.1 Å². The molecular formula is C17H24N4OS. The molecule has 0 amide bonds. The molecule has 5 nitrogen and oxygen atoms in total. The largest absolute Gasteiger partial charge is 0.497 e. The molecule has 1 aromatic heterocycles. The van der Waals surface area contributed by atoms with Crippen molar-refractivity contribution in [3.05, 3.63) is 24.5 Å². The first-order valence-electron chi connectivity index (χ1n) is 8.29. The summed E-state index contributed by atoms with van der Waals surface area (Å²) >= 11 is 5.40. The van der Waals surface area contributed by atoms with Gasteiger partial charge in [-0.05, 0) is 37.2 Å². The highest BCUT2D eigenvalue weighted by Gasteiger charge is 2.13. The van der Waals surface area contributed by atoms with Crippen molar-refractivity contribution in [2.24, 2.45) is 0 Å². The van der Waals surface area contributed by atoms with E-state index in [-0.39, 0.29) is 0 Å². The van der Waals surface area contributed by atoms with Crippen LogP contribution in [0.5, 0.6) is 5.75 Å². The van der Waals surface area contributed by atoms with Gasteiger partial charge in [0.05, 0.1) is 24.5 Å². The lowest BCUT2D eigenvalue weighted by Crippen LogP contribution is -2.43. The van der Waals surface area contributed by atoms with Gasteiger partial charge in [-0.25, -0.2) is 4.98 Å². The maximum atomic E-state index is 5.40. The molecule has 1 fully saturated rings. The molecule has 3 rings (SSSR count). The Labute approximate surface area is 142 Å². The van der Waals surface area contributed by atoms with E-state index in [1.807, 2.05) is 24.5 Å². The van der Waals surface area contributed by atoms with Crippen molar-refractivity contribution in [3.8, 4) is 5.75 Å². The van der Waals surface area contributed by atoms with Gasteiger partial charge < -0.3 is 19.9 Å². The second-order valence-corrected chi connectivity index (χ2v) is 6.44. The maximum Gasteiger partial charge on any atom is 0.166 e. The molecule has 2 aromatic rings. The molecule has 1 aromatic carbocycles. The van der Waals surface area contributed by atoms with Crippen LogP contribution >= 0.6 is 12.2 Å². The fraction of sp³-hybridized carbons (Fsp3) is 0.529. The van der Waals surface area contributed by atoms with Crippen LogP contribution in [-0.4, -0.2) is 34.4 Å². The zero-order valence-electron chi connectivity index (χ0n) is 13.5. The first-order valence-corrected chi connectivity index (χ1v) is 8.70. The molecule has 2 N–H and O–H groups in total. The van der Waals surface area contributed by atoms with Gasteiger partial charge >= 0.3 is 0 Å². The van der Waals surface area contributed by atoms with E-state index < -0.39 is 0 Å². The van der Waals surface area contributed by atoms with Crippen molar-refractivity contribution in [3.63, 3.8) is 0 Å². The lowest BCUT2D eigenvalue weighted by Gasteiger charge is -2.24. The minimum atomic E-state index is 0.544. The predicted molar refractivity (Wildman–Crippen MR) is 96.9 cm³/mol. The van der Waals surface area contributed by atoms with E-state index in [2.05, 4.69) is 20.2 Å². The normalized spacial score (nSPS) is 15.5. The number of hydrogen-bond donors (Lipinski definition) is 2. The van der Waals surface area contributed by atoms with E-state index in [4.69, 9.17) is 17.0 Å². The maximum absolute atomic E-state index is 5.40. The van der Waals surface area contributed by atoms with Crippen molar-refractivity contribution >= 4 is 28.4 Å². The number of nitrogens with zero attached hydrogens (tertiary/aromatic N) is 2. The molecule has 0 spiro atoms. The SMILES string of the molecule is COc1ccc2ncn(CCNC(=S)NC3CCCCC3)c2c1. The van der Waals surface area contributed by atoms with E-state index >= 15 is 0 Å². The van der Waals surface area contributed by atoms with Crippen molar-refractivity contribution in [2.45, 2.75) is 44.7 Å². The Morgan fingerprint density at radius 1 is 1.35 bits per heavy atom. The summed E-state index contributed by atoms with van der Waals surface area (Å²) in [7, 11) is 1.68. The molecule has 0 atom stereocenters. The number of fused-ring (bicyclic) bond motifs is 1. The number of rotatable bonds is 5. The Balaban J connectivity index is 1.51. The number of ether oxygens (including phenoxy) is 1. The lowest BCUT2D eigenvalue weighted by molar-refractivity contribution is 0.411. The van der Waals surface area contributed by atoms with Crippen molar-refractivity contribution in [1.82, 2.24) is 20.2 Å². The van der Waals surface area contributed by atoms with Crippen LogP contribution in [0, 0.1) is 0 Å². The molecule has 23 heavy (non-hydrogen) atoms.